The van der Waals surface area contributed by atoms with Crippen molar-refractivity contribution in [3.63, 3.8) is 0 Å². The van der Waals surface area contributed by atoms with E-state index in [0.717, 1.165) is 22.7 Å². The Kier molecular flexibility index (Phi) is 8.39. The monoisotopic (exact) mass is 794 g/mol. The Morgan fingerprint density at radius 1 is 0.328 bits per heavy atom. The lowest BCUT2D eigenvalue weighted by molar-refractivity contribution is 1.19. The topological polar surface area (TPSA) is 8.17 Å². The molecule has 12 rings (SSSR count). The third kappa shape index (κ3) is 6.01. The molecule has 286 valence electrons. The Balaban J connectivity index is 0.994. The molecule has 61 heavy (non-hydrogen) atoms. The molecule has 0 saturated heterocycles. The number of nitrogens with zero attached hydrogens (tertiary/aromatic N) is 2. The van der Waals surface area contributed by atoms with Crippen molar-refractivity contribution in [1.29, 1.82) is 0 Å². The minimum absolute atomic E-state index is 1.10. The molecule has 2 heterocycles. The summed E-state index contributed by atoms with van der Waals surface area (Å²) in [5.74, 6) is 0. The summed E-state index contributed by atoms with van der Waals surface area (Å²) in [7, 11) is 0. The van der Waals surface area contributed by atoms with Crippen LogP contribution in [0.2, 0.25) is 0 Å². The van der Waals surface area contributed by atoms with E-state index in [1.54, 1.807) is 0 Å². The summed E-state index contributed by atoms with van der Waals surface area (Å²) in [6.07, 6.45) is 0. The molecule has 0 amide bonds. The highest BCUT2D eigenvalue weighted by Crippen LogP contribution is 2.45. The van der Waals surface area contributed by atoms with E-state index in [-0.39, 0.29) is 0 Å². The average molecular weight is 795 g/mol. The van der Waals surface area contributed by atoms with Gasteiger partial charge in [-0.25, -0.2) is 0 Å². The SMILES string of the molecule is c1ccc(-c2ccc3c(c2)c2ccccc2n3-c2cc(-c3ccc(N(c4ccccc4)c4ccc(-c5cccc6ccccc56)cc4)cc3)c3sc4ccccc4c3c2)cc1. The number of para-hydroxylation sites is 2. The highest BCUT2D eigenvalue weighted by Gasteiger charge is 2.19. The van der Waals surface area contributed by atoms with Gasteiger partial charge in [0.05, 0.1) is 11.0 Å². The smallest absolute Gasteiger partial charge is 0.0541 e. The van der Waals surface area contributed by atoms with E-state index in [1.165, 1.54) is 86.1 Å². The maximum Gasteiger partial charge on any atom is 0.0541 e. The Hall–Kier alpha value is -7.72. The van der Waals surface area contributed by atoms with Gasteiger partial charge in [0.15, 0.2) is 0 Å². The molecule has 0 unspecified atom stereocenters. The van der Waals surface area contributed by atoms with Crippen molar-refractivity contribution in [2.75, 3.05) is 4.90 Å². The largest absolute Gasteiger partial charge is 0.311 e. The van der Waals surface area contributed by atoms with Gasteiger partial charge in [0.25, 0.3) is 0 Å². The van der Waals surface area contributed by atoms with Crippen LogP contribution in [0.5, 0.6) is 0 Å². The van der Waals surface area contributed by atoms with Crippen LogP contribution in [0, 0.1) is 0 Å². The molecule has 12 aromatic rings. The Labute approximate surface area is 358 Å². The first-order chi connectivity index (χ1) is 30.2. The number of hydrogen-bond donors (Lipinski definition) is 0. The van der Waals surface area contributed by atoms with E-state index in [9.17, 15) is 0 Å². The van der Waals surface area contributed by atoms with Crippen LogP contribution in [0.25, 0.3) is 91.8 Å². The molecule has 0 atom stereocenters. The van der Waals surface area contributed by atoms with Crippen molar-refractivity contribution in [3.05, 3.63) is 231 Å². The predicted molar refractivity (Wildman–Crippen MR) is 262 cm³/mol. The van der Waals surface area contributed by atoms with Crippen molar-refractivity contribution in [2.45, 2.75) is 0 Å². The Morgan fingerprint density at radius 2 is 0.902 bits per heavy atom. The van der Waals surface area contributed by atoms with Gasteiger partial charge in [-0.1, -0.05) is 158 Å². The quantitative estimate of drug-likeness (QED) is 0.156. The minimum Gasteiger partial charge on any atom is -0.311 e. The maximum atomic E-state index is 2.46. The molecule has 0 aliphatic rings. The number of benzene rings is 10. The highest BCUT2D eigenvalue weighted by atomic mass is 32.1. The van der Waals surface area contributed by atoms with Gasteiger partial charge in [0.1, 0.15) is 0 Å². The van der Waals surface area contributed by atoms with Gasteiger partial charge in [-0.15, -0.1) is 11.3 Å². The van der Waals surface area contributed by atoms with Gasteiger partial charge in [0.2, 0.25) is 0 Å². The van der Waals surface area contributed by atoms with Crippen molar-refractivity contribution in [1.82, 2.24) is 4.57 Å². The van der Waals surface area contributed by atoms with E-state index >= 15 is 0 Å². The highest BCUT2D eigenvalue weighted by molar-refractivity contribution is 7.26. The molecule has 0 N–H and O–H groups in total. The third-order valence-electron chi connectivity index (χ3n) is 12.2. The van der Waals surface area contributed by atoms with Gasteiger partial charge in [-0.3, -0.25) is 0 Å². The van der Waals surface area contributed by atoms with Crippen LogP contribution < -0.4 is 4.90 Å². The molecule has 2 aromatic heterocycles. The summed E-state index contributed by atoms with van der Waals surface area (Å²) in [6.45, 7) is 0. The molecule has 10 aromatic carbocycles. The van der Waals surface area contributed by atoms with Gasteiger partial charge in [0, 0.05) is 59.3 Å². The van der Waals surface area contributed by atoms with Crippen molar-refractivity contribution in [2.24, 2.45) is 0 Å². The van der Waals surface area contributed by atoms with E-state index in [0.29, 0.717) is 0 Å². The van der Waals surface area contributed by atoms with E-state index < -0.39 is 0 Å². The molecule has 0 bridgehead atoms. The third-order valence-corrected chi connectivity index (χ3v) is 13.4. The molecule has 0 spiro atoms. The van der Waals surface area contributed by atoms with Gasteiger partial charge >= 0.3 is 0 Å². The van der Waals surface area contributed by atoms with Crippen molar-refractivity contribution in [3.8, 4) is 39.1 Å². The second-order valence-electron chi connectivity index (χ2n) is 15.7. The molecule has 0 radical (unpaired) electrons. The standard InChI is InChI=1S/C58H38N2S/c1-3-14-39(15-4-1)43-30-35-56-53(36-43)50-21-9-11-24-55(50)60(56)47-37-52(58-54(38-47)51-22-10-12-25-57(51)61-58)42-28-33-46(34-29-42)59(44-18-5-2-6-19-44)45-31-26-41(27-32-45)49-23-13-17-40-16-7-8-20-48(40)49/h1-38H. The second-order valence-corrected chi connectivity index (χ2v) is 16.8. The summed E-state index contributed by atoms with van der Waals surface area (Å²) >= 11 is 1.88. The lowest BCUT2D eigenvalue weighted by atomic mass is 9.98. The summed E-state index contributed by atoms with van der Waals surface area (Å²) in [5.41, 5.74) is 14.2. The van der Waals surface area contributed by atoms with Crippen LogP contribution in [0.15, 0.2) is 231 Å². The summed E-state index contributed by atoms with van der Waals surface area (Å²) in [6, 6.07) is 84.1. The number of aromatic nitrogens is 1. The fraction of sp³-hybridized carbons (Fsp3) is 0. The average Bonchev–Trinajstić information content (AvgIpc) is 3.88. The van der Waals surface area contributed by atoms with Crippen molar-refractivity contribution < 1.29 is 0 Å². The second kappa shape index (κ2) is 14.5. The molecular formula is C58H38N2S. The van der Waals surface area contributed by atoms with E-state index in [2.05, 4.69) is 240 Å². The Bertz CT molecular complexity index is 3560. The van der Waals surface area contributed by atoms with Crippen LogP contribution in [-0.4, -0.2) is 4.57 Å². The van der Waals surface area contributed by atoms with Crippen LogP contribution in [0.3, 0.4) is 0 Å². The van der Waals surface area contributed by atoms with Crippen LogP contribution in [0.4, 0.5) is 17.1 Å². The van der Waals surface area contributed by atoms with E-state index in [4.69, 9.17) is 0 Å². The zero-order valence-electron chi connectivity index (χ0n) is 33.2. The predicted octanol–water partition coefficient (Wildman–Crippen LogP) is 16.8. The summed E-state index contributed by atoms with van der Waals surface area (Å²) < 4.78 is 5.06. The van der Waals surface area contributed by atoms with Gasteiger partial charge in [-0.2, -0.15) is 0 Å². The molecule has 0 aliphatic heterocycles. The molecule has 0 aliphatic carbocycles. The first-order valence-corrected chi connectivity index (χ1v) is 21.6. The Morgan fingerprint density at radius 3 is 1.67 bits per heavy atom. The number of thiophene rings is 1. The lowest BCUT2D eigenvalue weighted by Gasteiger charge is -2.26. The zero-order valence-corrected chi connectivity index (χ0v) is 34.1. The van der Waals surface area contributed by atoms with Crippen LogP contribution in [-0.2, 0) is 0 Å². The number of anilines is 3. The molecular weight excluding hydrogens is 757 g/mol. The number of rotatable bonds is 7. The normalized spacial score (nSPS) is 11.6. The molecule has 0 fully saturated rings. The maximum absolute atomic E-state index is 2.46. The lowest BCUT2D eigenvalue weighted by Crippen LogP contribution is -2.09. The molecule has 3 heteroatoms. The number of fused-ring (bicyclic) bond motifs is 7. The fourth-order valence-corrected chi connectivity index (χ4v) is 10.5. The van der Waals surface area contributed by atoms with Crippen LogP contribution >= 0.6 is 11.3 Å². The molecule has 2 nitrogen and oxygen atoms in total. The minimum atomic E-state index is 1.10. The fourth-order valence-electron chi connectivity index (χ4n) is 9.30. The summed E-state index contributed by atoms with van der Waals surface area (Å²) in [4.78, 5) is 2.35. The zero-order chi connectivity index (χ0) is 40.3. The van der Waals surface area contributed by atoms with E-state index in [1.807, 2.05) is 11.3 Å². The summed E-state index contributed by atoms with van der Waals surface area (Å²) in [5, 5.41) is 7.59. The van der Waals surface area contributed by atoms with Crippen molar-refractivity contribution >= 4 is 81.1 Å². The van der Waals surface area contributed by atoms with Gasteiger partial charge < -0.3 is 9.47 Å². The van der Waals surface area contributed by atoms with Crippen LogP contribution in [0.1, 0.15) is 0 Å². The first kappa shape index (κ1) is 35.2. The number of hydrogen-bond acceptors (Lipinski definition) is 2. The first-order valence-electron chi connectivity index (χ1n) is 20.8. The molecule has 0 saturated carbocycles. The van der Waals surface area contributed by atoms with Gasteiger partial charge in [-0.05, 0) is 111 Å².